The number of fused-ring (bicyclic) bond motifs is 1. The molecule has 0 spiro atoms. The van der Waals surface area contributed by atoms with Crippen LogP contribution in [0.15, 0.2) is 6.20 Å². The van der Waals surface area contributed by atoms with E-state index < -0.39 is 12.1 Å². The van der Waals surface area contributed by atoms with Gasteiger partial charge in [-0.05, 0) is 12.0 Å². The van der Waals surface area contributed by atoms with Gasteiger partial charge in [0, 0.05) is 12.7 Å². The normalized spacial score (nSPS) is 14.4. The zero-order valence-corrected chi connectivity index (χ0v) is 8.25. The van der Waals surface area contributed by atoms with Crippen molar-refractivity contribution in [2.24, 2.45) is 0 Å². The lowest BCUT2D eigenvalue weighted by atomic mass is 10.1. The Labute approximate surface area is 90.4 Å². The summed E-state index contributed by atoms with van der Waals surface area (Å²) in [6.07, 6.45) is 0.938. The molecule has 0 bridgehead atoms. The maximum Gasteiger partial charge on any atom is 0.407 e. The lowest BCUT2D eigenvalue weighted by Gasteiger charge is -2.25. The second-order valence-electron chi connectivity index (χ2n) is 3.42. The molecule has 0 saturated carbocycles. The van der Waals surface area contributed by atoms with Crippen molar-refractivity contribution in [3.63, 3.8) is 0 Å². The molecule has 16 heavy (non-hydrogen) atoms. The van der Waals surface area contributed by atoms with Gasteiger partial charge in [0.2, 0.25) is 5.82 Å². The Morgan fingerprint density at radius 2 is 2.12 bits per heavy atom. The van der Waals surface area contributed by atoms with Crippen molar-refractivity contribution < 1.29 is 19.8 Å². The summed E-state index contributed by atoms with van der Waals surface area (Å²) in [6, 6.07) is 0. The van der Waals surface area contributed by atoms with Gasteiger partial charge in [-0.15, -0.1) is 0 Å². The molecule has 0 radical (unpaired) electrons. The van der Waals surface area contributed by atoms with Gasteiger partial charge < -0.3 is 15.1 Å². The Bertz CT molecular complexity index is 460. The number of nitrogens with zero attached hydrogens (tertiary/aromatic N) is 3. The van der Waals surface area contributed by atoms with Gasteiger partial charge in [-0.3, -0.25) is 0 Å². The minimum atomic E-state index is -1.21. The molecule has 7 heteroatoms. The summed E-state index contributed by atoms with van der Waals surface area (Å²) in [7, 11) is 0. The quantitative estimate of drug-likeness (QED) is 0.705. The fourth-order valence-electron chi connectivity index (χ4n) is 1.57. The average molecular weight is 223 g/mol. The number of aromatic nitrogens is 2. The highest BCUT2D eigenvalue weighted by atomic mass is 16.4. The molecule has 2 N–H and O–H groups in total. The first-order valence-electron chi connectivity index (χ1n) is 4.64. The number of carbonyl (C=O) groups is 2. The van der Waals surface area contributed by atoms with Crippen molar-refractivity contribution in [3.05, 3.63) is 23.3 Å². The van der Waals surface area contributed by atoms with Crippen molar-refractivity contribution in [1.82, 2.24) is 14.9 Å². The van der Waals surface area contributed by atoms with Gasteiger partial charge in [0.15, 0.2) is 0 Å². The minimum absolute atomic E-state index is 0.119. The van der Waals surface area contributed by atoms with E-state index in [1.54, 1.807) is 0 Å². The summed E-state index contributed by atoms with van der Waals surface area (Å²) in [5.74, 6) is -1.51. The van der Waals surface area contributed by atoms with Crippen LogP contribution in [0, 0.1) is 0 Å². The first-order chi connectivity index (χ1) is 7.58. The average Bonchev–Trinajstić information content (AvgIpc) is 2.27. The maximum absolute atomic E-state index is 10.7. The fourth-order valence-corrected chi connectivity index (χ4v) is 1.57. The number of amides is 1. The van der Waals surface area contributed by atoms with E-state index in [2.05, 4.69) is 9.97 Å². The summed E-state index contributed by atoms with van der Waals surface area (Å²) in [4.78, 5) is 30.1. The van der Waals surface area contributed by atoms with Gasteiger partial charge >= 0.3 is 12.1 Å². The predicted octanol–water partition coefficient (Wildman–Crippen LogP) is 0.211. The molecule has 1 aliphatic rings. The summed E-state index contributed by atoms with van der Waals surface area (Å²) < 4.78 is 0. The molecular weight excluding hydrogens is 214 g/mol. The van der Waals surface area contributed by atoms with Crippen LogP contribution < -0.4 is 0 Å². The number of hydrogen-bond donors (Lipinski definition) is 2. The molecule has 0 aliphatic carbocycles. The summed E-state index contributed by atoms with van der Waals surface area (Å²) in [6.45, 7) is 0.506. The maximum atomic E-state index is 10.7. The number of carboxylic acids is 1. The standard InChI is InChI=1S/C9H9N3O4/c13-8(14)7-10-3-5-1-2-12(9(15)16)4-6(5)11-7/h3H,1-2,4H2,(H,13,14)(H,15,16). The first kappa shape index (κ1) is 10.3. The van der Waals surface area contributed by atoms with Crippen LogP contribution in [0.4, 0.5) is 4.79 Å². The number of rotatable bonds is 1. The van der Waals surface area contributed by atoms with Gasteiger partial charge in [0.05, 0.1) is 12.2 Å². The molecule has 0 fully saturated rings. The van der Waals surface area contributed by atoms with Crippen LogP contribution in [0.3, 0.4) is 0 Å². The lowest BCUT2D eigenvalue weighted by molar-refractivity contribution is 0.0682. The second kappa shape index (κ2) is 3.76. The second-order valence-corrected chi connectivity index (χ2v) is 3.42. The van der Waals surface area contributed by atoms with E-state index in [4.69, 9.17) is 10.2 Å². The Hall–Kier alpha value is -2.18. The zero-order chi connectivity index (χ0) is 11.7. The third kappa shape index (κ3) is 1.79. The minimum Gasteiger partial charge on any atom is -0.475 e. The van der Waals surface area contributed by atoms with Gasteiger partial charge in [0.1, 0.15) is 0 Å². The Balaban J connectivity index is 2.32. The van der Waals surface area contributed by atoms with E-state index in [0.717, 1.165) is 5.56 Å². The number of hydrogen-bond acceptors (Lipinski definition) is 4. The van der Waals surface area contributed by atoms with Crippen LogP contribution in [0.2, 0.25) is 0 Å². The van der Waals surface area contributed by atoms with E-state index in [0.29, 0.717) is 18.7 Å². The highest BCUT2D eigenvalue weighted by Gasteiger charge is 2.22. The van der Waals surface area contributed by atoms with Crippen molar-refractivity contribution in [1.29, 1.82) is 0 Å². The Morgan fingerprint density at radius 1 is 1.38 bits per heavy atom. The molecule has 0 aromatic carbocycles. The molecule has 1 aromatic heterocycles. The molecule has 1 aliphatic heterocycles. The lowest BCUT2D eigenvalue weighted by Crippen LogP contribution is -2.35. The van der Waals surface area contributed by atoms with Crippen LogP contribution in [-0.4, -0.2) is 43.7 Å². The predicted molar refractivity (Wildman–Crippen MR) is 51.1 cm³/mol. The molecule has 2 rings (SSSR count). The topological polar surface area (TPSA) is 104 Å². The highest BCUT2D eigenvalue weighted by molar-refractivity contribution is 5.83. The van der Waals surface area contributed by atoms with Crippen molar-refractivity contribution >= 4 is 12.1 Å². The fraction of sp³-hybridized carbons (Fsp3) is 0.333. The van der Waals surface area contributed by atoms with Crippen molar-refractivity contribution in [3.8, 4) is 0 Å². The smallest absolute Gasteiger partial charge is 0.407 e. The molecule has 1 aromatic rings. The van der Waals surface area contributed by atoms with Crippen LogP contribution in [-0.2, 0) is 13.0 Å². The van der Waals surface area contributed by atoms with E-state index in [-0.39, 0.29) is 12.4 Å². The Kier molecular flexibility index (Phi) is 2.43. The summed E-state index contributed by atoms with van der Waals surface area (Å²) in [5, 5.41) is 17.5. The van der Waals surface area contributed by atoms with E-state index >= 15 is 0 Å². The van der Waals surface area contributed by atoms with E-state index in [1.807, 2.05) is 0 Å². The molecule has 2 heterocycles. The third-order valence-electron chi connectivity index (χ3n) is 2.41. The number of carboxylic acid groups (broad SMARTS) is 2. The van der Waals surface area contributed by atoms with Crippen molar-refractivity contribution in [2.45, 2.75) is 13.0 Å². The zero-order valence-electron chi connectivity index (χ0n) is 8.25. The summed E-state index contributed by atoms with van der Waals surface area (Å²) in [5.41, 5.74) is 1.28. The van der Waals surface area contributed by atoms with Crippen LogP contribution in [0.1, 0.15) is 21.9 Å². The van der Waals surface area contributed by atoms with Crippen LogP contribution in [0.5, 0.6) is 0 Å². The van der Waals surface area contributed by atoms with Crippen LogP contribution >= 0.6 is 0 Å². The Morgan fingerprint density at radius 3 is 2.75 bits per heavy atom. The number of aromatic carboxylic acids is 1. The van der Waals surface area contributed by atoms with E-state index in [1.165, 1.54) is 11.1 Å². The van der Waals surface area contributed by atoms with Crippen molar-refractivity contribution in [2.75, 3.05) is 6.54 Å². The molecule has 0 saturated heterocycles. The van der Waals surface area contributed by atoms with Gasteiger partial charge in [0.25, 0.3) is 0 Å². The molecule has 0 unspecified atom stereocenters. The van der Waals surface area contributed by atoms with Gasteiger partial charge in [-0.25, -0.2) is 19.6 Å². The highest BCUT2D eigenvalue weighted by Crippen LogP contribution is 2.16. The van der Waals surface area contributed by atoms with Gasteiger partial charge in [-0.2, -0.15) is 0 Å². The molecule has 7 nitrogen and oxygen atoms in total. The summed E-state index contributed by atoms with van der Waals surface area (Å²) >= 11 is 0. The monoisotopic (exact) mass is 223 g/mol. The molecule has 1 amide bonds. The molecular formula is C9H9N3O4. The van der Waals surface area contributed by atoms with Gasteiger partial charge in [-0.1, -0.05) is 0 Å². The first-order valence-corrected chi connectivity index (χ1v) is 4.64. The molecule has 0 atom stereocenters. The third-order valence-corrected chi connectivity index (χ3v) is 2.41. The van der Waals surface area contributed by atoms with Crippen LogP contribution in [0.25, 0.3) is 0 Å². The molecule has 84 valence electrons. The van der Waals surface area contributed by atoms with E-state index in [9.17, 15) is 9.59 Å². The largest absolute Gasteiger partial charge is 0.475 e. The SMILES string of the molecule is O=C(O)c1ncc2c(n1)CN(C(=O)O)CC2.